The third-order valence-corrected chi connectivity index (χ3v) is 11.8. The maximum atomic E-state index is 4.18. The fourth-order valence-corrected chi connectivity index (χ4v) is 6.24. The summed E-state index contributed by atoms with van der Waals surface area (Å²) in [5, 5.41) is 14.9. The van der Waals surface area contributed by atoms with Crippen molar-refractivity contribution in [2.24, 2.45) is 5.92 Å². The summed E-state index contributed by atoms with van der Waals surface area (Å²) in [6, 6.07) is 23.7. The van der Waals surface area contributed by atoms with Gasteiger partial charge in [0.15, 0.2) is 0 Å². The minimum Gasteiger partial charge on any atom is -0.265 e. The molecule has 0 bridgehead atoms. The van der Waals surface area contributed by atoms with E-state index in [9.17, 15) is 0 Å². The number of hydrogen-bond donors (Lipinski definition) is 0. The molecule has 10 aromatic rings. The Hall–Kier alpha value is -8.99. The van der Waals surface area contributed by atoms with E-state index in [1.54, 1.807) is 93.2 Å². The van der Waals surface area contributed by atoms with Gasteiger partial charge in [0, 0.05) is 130 Å². The van der Waals surface area contributed by atoms with Crippen LogP contribution in [0.3, 0.4) is 0 Å². The van der Waals surface area contributed by atoms with Crippen molar-refractivity contribution >= 4 is 0 Å². The lowest BCUT2D eigenvalue weighted by Gasteiger charge is -2.01. The molecule has 17 nitrogen and oxygen atoms in total. The van der Waals surface area contributed by atoms with Crippen LogP contribution < -0.4 is 0 Å². The lowest BCUT2D eigenvalue weighted by molar-refractivity contribution is 0.737. The zero-order chi connectivity index (χ0) is 90.9. The van der Waals surface area contributed by atoms with Gasteiger partial charge < -0.3 is 0 Å². The van der Waals surface area contributed by atoms with Crippen LogP contribution in [0.15, 0.2) is 203 Å². The van der Waals surface area contributed by atoms with Gasteiger partial charge in [0.1, 0.15) is 18.5 Å². The molecule has 0 aliphatic rings. The number of rotatable bonds is 9. The van der Waals surface area contributed by atoms with Crippen molar-refractivity contribution in [2.45, 2.75) is 365 Å². The third kappa shape index (κ3) is 97.3. The molecule has 0 aromatic carbocycles. The summed E-state index contributed by atoms with van der Waals surface area (Å²) >= 11 is 0. The van der Waals surface area contributed by atoms with Crippen molar-refractivity contribution in [3.8, 4) is 0 Å². The number of hydrogen-bond acceptors (Lipinski definition) is 17. The second-order valence-corrected chi connectivity index (χ2v) is 24.2. The van der Waals surface area contributed by atoms with Gasteiger partial charge in [-0.2, -0.15) is 20.4 Å². The highest BCUT2D eigenvalue weighted by atomic mass is 15.1. The van der Waals surface area contributed by atoms with E-state index in [0.29, 0.717) is 53.3 Å². The maximum absolute atomic E-state index is 4.18. The lowest BCUT2D eigenvalue weighted by atomic mass is 10.1. The summed E-state index contributed by atoms with van der Waals surface area (Å²) in [6.07, 6.45) is 36.8. The molecule has 10 aromatic heterocycles. The molecule has 0 amide bonds. The predicted octanol–water partition coefficient (Wildman–Crippen LogP) is 30.8. The lowest BCUT2D eigenvalue weighted by Crippen LogP contribution is -1.93. The van der Waals surface area contributed by atoms with Crippen LogP contribution in [0.5, 0.6) is 0 Å². The van der Waals surface area contributed by atoms with Crippen LogP contribution in [-0.4, -0.2) is 85.2 Å². The zero-order valence-corrected chi connectivity index (χ0v) is 81.4. The van der Waals surface area contributed by atoms with Crippen molar-refractivity contribution in [3.63, 3.8) is 0 Å². The van der Waals surface area contributed by atoms with Crippen molar-refractivity contribution in [2.75, 3.05) is 0 Å². The van der Waals surface area contributed by atoms with E-state index < -0.39 is 0 Å². The quantitative estimate of drug-likeness (QED) is 0.131. The van der Waals surface area contributed by atoms with E-state index in [1.807, 2.05) is 263 Å². The van der Waals surface area contributed by atoms with Gasteiger partial charge in [0.2, 0.25) is 0 Å². The largest absolute Gasteiger partial charge is 0.265 e. The molecule has 17 heteroatoms. The molecule has 0 spiro atoms. The first-order valence-electron chi connectivity index (χ1n) is 42.9. The van der Waals surface area contributed by atoms with Gasteiger partial charge >= 0.3 is 0 Å². The molecule has 0 aliphatic carbocycles. The van der Waals surface area contributed by atoms with Crippen LogP contribution in [-0.2, 0) is 0 Å². The summed E-state index contributed by atoms with van der Waals surface area (Å²) in [5.41, 5.74) is 10.4. The molecule has 658 valence electrons. The minimum atomic E-state index is 0. The monoisotopic (exact) mass is 1600 g/mol. The van der Waals surface area contributed by atoms with E-state index >= 15 is 0 Å². The Kier molecular flexibility index (Phi) is 131. The normalized spacial score (nSPS) is 8.54. The molecular formula is C98H181N17. The molecule has 115 heavy (non-hydrogen) atoms. The van der Waals surface area contributed by atoms with Crippen molar-refractivity contribution in [3.05, 3.63) is 260 Å². The summed E-state index contributed by atoms with van der Waals surface area (Å²) in [4.78, 5) is 52.0. The minimum absolute atomic E-state index is 0. The van der Waals surface area contributed by atoms with Gasteiger partial charge in [0.05, 0.1) is 23.3 Å². The molecule has 0 N–H and O–H groups in total. The van der Waals surface area contributed by atoms with Crippen LogP contribution in [0.1, 0.15) is 416 Å². The Bertz CT molecular complexity index is 2530. The molecule has 0 saturated carbocycles. The average Bonchev–Trinajstić information content (AvgIpc) is 0.992. The molecule has 0 fully saturated rings. The second-order valence-electron chi connectivity index (χ2n) is 24.2. The van der Waals surface area contributed by atoms with E-state index in [2.05, 4.69) is 237 Å². The molecule has 0 radical (unpaired) electrons. The molecule has 0 saturated heterocycles. The Balaban J connectivity index is -0.0000000803. The van der Waals surface area contributed by atoms with Gasteiger partial charge in [-0.05, 0) is 143 Å². The van der Waals surface area contributed by atoms with E-state index in [0.717, 1.165) is 45.8 Å². The smallest absolute Gasteiger partial charge is 0.130 e. The average molecular weight is 1600 g/mol. The maximum Gasteiger partial charge on any atom is 0.130 e. The summed E-state index contributed by atoms with van der Waals surface area (Å²) in [5.74, 6) is 6.44. The van der Waals surface area contributed by atoms with Crippen LogP contribution in [0.4, 0.5) is 0 Å². The van der Waals surface area contributed by atoms with E-state index in [1.165, 1.54) is 16.7 Å². The number of aromatic nitrogens is 17. The van der Waals surface area contributed by atoms with Gasteiger partial charge in [-0.1, -0.05) is 317 Å². The van der Waals surface area contributed by atoms with Crippen molar-refractivity contribution in [1.29, 1.82) is 0 Å². The first-order valence-corrected chi connectivity index (χ1v) is 42.9. The molecule has 0 aliphatic heterocycles. The van der Waals surface area contributed by atoms with Gasteiger partial charge in [0.25, 0.3) is 0 Å². The third-order valence-electron chi connectivity index (χ3n) is 11.8. The molecule has 0 unspecified atom stereocenters. The van der Waals surface area contributed by atoms with Crippen LogP contribution in [0.2, 0.25) is 0 Å². The van der Waals surface area contributed by atoms with Gasteiger partial charge in [-0.25, -0.2) is 29.9 Å². The van der Waals surface area contributed by atoms with Crippen LogP contribution in [0, 0.1) is 12.8 Å². The Morgan fingerprint density at radius 2 is 0.591 bits per heavy atom. The highest BCUT2D eigenvalue weighted by molar-refractivity contribution is 5.14. The molecular weight excluding hydrogens is 1420 g/mol. The molecule has 10 heterocycles. The standard InChI is InChI=1S/3C8H11N.6C7H10N2.C5H6N2.C4H10.11C2H6.CH4.H2/c1-7(2)8-3-5-9-6-4-8;1-7(2)8-4-3-5-9-6-8;1-7(2)8-5-3-4-6-9-8;1-6(2)7-3-8-5-9-4-7;2*1-6(2)7-5-8-3-4-9-7;1-6(2)7-3-4-8-5-9-7;1-6(2)7-8-4-3-5-9-7;1-6(2)7-4-3-5-8-9-7;1-5-2-3-6-7-4-5;1-4(2)3;11*1-2;;/h3*3-7H,1-2H3;6*3-6H,1-2H3;2-4H,1H3;4H,1-3H3;11*1-2H3;1H4;1H/i;;;;;;;;;;;;;;;;;;;;;;;1+1. The van der Waals surface area contributed by atoms with Gasteiger partial charge in [-0.15, -0.1) is 0 Å². The van der Waals surface area contributed by atoms with Crippen LogP contribution in [0.25, 0.3) is 0 Å². The van der Waals surface area contributed by atoms with E-state index in [4.69, 9.17) is 0 Å². The number of aryl methyl sites for hydroxylation is 1. The Morgan fingerprint density at radius 1 is 0.217 bits per heavy atom. The Labute approximate surface area is 713 Å². The first-order chi connectivity index (χ1) is 54.9. The molecule has 0 atom stereocenters. The first kappa shape index (κ1) is 135. The number of nitrogens with zero attached hydrogens (tertiary/aromatic N) is 17. The fraction of sp³-hybridized carbons (Fsp3) is 0.561. The van der Waals surface area contributed by atoms with Crippen LogP contribution >= 0.6 is 0 Å². The fourth-order valence-electron chi connectivity index (χ4n) is 6.24. The molecule has 10 rings (SSSR count). The summed E-state index contributed by atoms with van der Waals surface area (Å²) in [6.45, 7) is 90.7. The van der Waals surface area contributed by atoms with E-state index in [-0.39, 0.29) is 8.85 Å². The van der Waals surface area contributed by atoms with Crippen molar-refractivity contribution < 1.29 is 1.43 Å². The topological polar surface area (TPSA) is 219 Å². The van der Waals surface area contributed by atoms with Gasteiger partial charge in [-0.3, -0.25) is 34.9 Å². The highest BCUT2D eigenvalue weighted by Gasteiger charge is 2.02. The SMILES string of the molecule is C.CC.CC.CC.CC.CC.CC.CC.CC.CC.CC.CC.CC(C)C.CC(C)c1ccccn1.CC(C)c1cccnc1.CC(C)c1cccnn1.CC(C)c1ccncc1.CC(C)c1ccncn1.CC(C)c1cnccn1.CC(C)c1cnccn1.CC(C)c1cncnc1.CC(C)c1ncccn1.Cc1ccnnc1.[2HH]. The number of pyridine rings is 3. The summed E-state index contributed by atoms with van der Waals surface area (Å²) in [7, 11) is 0. The van der Waals surface area contributed by atoms with Crippen molar-refractivity contribution in [1.82, 2.24) is 85.2 Å². The Morgan fingerprint density at radius 3 is 0.817 bits per heavy atom. The predicted molar refractivity (Wildman–Crippen MR) is 513 cm³/mol. The second kappa shape index (κ2) is 111. The zero-order valence-electron chi connectivity index (χ0n) is 81.4. The highest BCUT2D eigenvalue weighted by Crippen LogP contribution is 2.14. The summed E-state index contributed by atoms with van der Waals surface area (Å²) < 4.78 is 0.